The van der Waals surface area contributed by atoms with E-state index < -0.39 is 24.0 Å². The van der Waals surface area contributed by atoms with Crippen LogP contribution in [-0.4, -0.2) is 52.7 Å². The Labute approximate surface area is 205 Å². The predicted octanol–water partition coefficient (Wildman–Crippen LogP) is 4.55. The number of carboxylic acid groups (broad SMARTS) is 1. The lowest BCUT2D eigenvalue weighted by Gasteiger charge is -2.36. The highest BCUT2D eigenvalue weighted by Gasteiger charge is 2.44. The molecule has 2 N–H and O–H groups in total. The largest absolute Gasteiger partial charge is 0.480 e. The van der Waals surface area contributed by atoms with Crippen LogP contribution in [0, 0.1) is 5.92 Å². The first-order chi connectivity index (χ1) is 17.0. The normalized spacial score (nSPS) is 22.0. The Kier molecular flexibility index (Phi) is 6.50. The predicted molar refractivity (Wildman–Crippen MR) is 131 cm³/mol. The van der Waals surface area contributed by atoms with E-state index in [9.17, 15) is 19.5 Å². The minimum absolute atomic E-state index is 0.00867. The number of carboxylic acids is 1. The molecule has 2 aromatic carbocycles. The quantitative estimate of drug-likeness (QED) is 0.611. The van der Waals surface area contributed by atoms with E-state index in [1.54, 1.807) is 6.92 Å². The Morgan fingerprint density at radius 3 is 2.17 bits per heavy atom. The molecule has 0 aliphatic heterocycles. The summed E-state index contributed by atoms with van der Waals surface area (Å²) >= 11 is 0. The maximum atomic E-state index is 13.4. The molecule has 0 heterocycles. The Balaban J connectivity index is 1.25. The van der Waals surface area contributed by atoms with Crippen molar-refractivity contribution in [3.8, 4) is 11.1 Å². The third kappa shape index (κ3) is 4.64. The van der Waals surface area contributed by atoms with E-state index in [1.165, 1.54) is 16.0 Å². The van der Waals surface area contributed by atoms with E-state index in [-0.39, 0.29) is 30.5 Å². The van der Waals surface area contributed by atoms with Crippen LogP contribution in [0.4, 0.5) is 4.79 Å². The molecule has 2 aromatic rings. The van der Waals surface area contributed by atoms with Crippen molar-refractivity contribution in [1.82, 2.24) is 10.2 Å². The van der Waals surface area contributed by atoms with Crippen LogP contribution in [-0.2, 0) is 14.3 Å². The number of amides is 2. The van der Waals surface area contributed by atoms with E-state index in [0.717, 1.165) is 36.8 Å². The molecule has 7 heteroatoms. The molecular formula is C28H32N2O5. The minimum Gasteiger partial charge on any atom is -0.480 e. The van der Waals surface area contributed by atoms with Gasteiger partial charge in [-0.3, -0.25) is 4.79 Å². The summed E-state index contributed by atoms with van der Waals surface area (Å²) in [5.41, 5.74) is 4.63. The van der Waals surface area contributed by atoms with Crippen LogP contribution in [0.15, 0.2) is 48.5 Å². The molecule has 1 unspecified atom stereocenters. The number of hydrogen-bond donors (Lipinski definition) is 2. The molecule has 5 rings (SSSR count). The standard InChI is InChI=1S/C28H32N2O5/c1-17(27(32)33)30(18-14-15-18)26(31)23-12-6-7-13-25(23)29-28(34)35-16-24-21-10-4-2-8-19(21)20-9-3-5-11-22(20)24/h2-5,8-11,17-18,23-25H,6-7,12-16H2,1H3,(H,29,34)(H,32,33)/t17?,23-,25+/m1/s1. The molecule has 3 aliphatic carbocycles. The highest BCUT2D eigenvalue weighted by atomic mass is 16.5. The Hall–Kier alpha value is -3.35. The molecule has 2 saturated carbocycles. The van der Waals surface area contributed by atoms with Gasteiger partial charge in [0.2, 0.25) is 5.91 Å². The van der Waals surface area contributed by atoms with Gasteiger partial charge in [-0.1, -0.05) is 61.4 Å². The number of fused-ring (bicyclic) bond motifs is 3. The molecule has 0 bridgehead atoms. The third-order valence-electron chi connectivity index (χ3n) is 7.70. The van der Waals surface area contributed by atoms with Crippen molar-refractivity contribution in [3.63, 3.8) is 0 Å². The molecular weight excluding hydrogens is 444 g/mol. The number of nitrogens with one attached hydrogen (secondary N) is 1. The summed E-state index contributed by atoms with van der Waals surface area (Å²) in [7, 11) is 0. The van der Waals surface area contributed by atoms with Gasteiger partial charge >= 0.3 is 12.1 Å². The number of benzene rings is 2. The molecule has 2 amide bonds. The molecule has 0 spiro atoms. The van der Waals surface area contributed by atoms with E-state index >= 15 is 0 Å². The fourth-order valence-electron chi connectivity index (χ4n) is 5.74. The summed E-state index contributed by atoms with van der Waals surface area (Å²) < 4.78 is 5.71. The van der Waals surface area contributed by atoms with Gasteiger partial charge < -0.3 is 20.1 Å². The van der Waals surface area contributed by atoms with E-state index in [0.29, 0.717) is 12.8 Å². The monoisotopic (exact) mass is 476 g/mol. The van der Waals surface area contributed by atoms with Crippen LogP contribution in [0.1, 0.15) is 62.5 Å². The number of aliphatic carboxylic acids is 1. The van der Waals surface area contributed by atoms with Gasteiger partial charge in [0.1, 0.15) is 12.6 Å². The Morgan fingerprint density at radius 2 is 1.57 bits per heavy atom. The van der Waals surface area contributed by atoms with Gasteiger partial charge in [0.05, 0.1) is 5.92 Å². The van der Waals surface area contributed by atoms with Gasteiger partial charge in [-0.2, -0.15) is 0 Å². The Bertz CT molecular complexity index is 1080. The van der Waals surface area contributed by atoms with Crippen molar-refractivity contribution in [2.24, 2.45) is 5.92 Å². The topological polar surface area (TPSA) is 95.9 Å². The SMILES string of the molecule is CC(C(=O)O)N(C(=O)[C@@H]1CCCC[C@@H]1NC(=O)OCC1c2ccccc2-c2ccccc21)C1CC1. The summed E-state index contributed by atoms with van der Waals surface area (Å²) in [6.45, 7) is 1.78. The van der Waals surface area contributed by atoms with Gasteiger partial charge in [0, 0.05) is 18.0 Å². The van der Waals surface area contributed by atoms with Crippen molar-refractivity contribution in [2.45, 2.75) is 69.5 Å². The van der Waals surface area contributed by atoms with Crippen LogP contribution < -0.4 is 5.32 Å². The minimum atomic E-state index is -0.998. The van der Waals surface area contributed by atoms with E-state index in [2.05, 4.69) is 29.6 Å². The van der Waals surface area contributed by atoms with Crippen molar-refractivity contribution in [2.75, 3.05) is 6.61 Å². The van der Waals surface area contributed by atoms with Gasteiger partial charge in [0.25, 0.3) is 0 Å². The fourth-order valence-corrected chi connectivity index (χ4v) is 5.74. The van der Waals surface area contributed by atoms with Gasteiger partial charge in [0.15, 0.2) is 0 Å². The first kappa shape index (κ1) is 23.4. The second kappa shape index (κ2) is 9.72. The maximum absolute atomic E-state index is 13.4. The number of rotatable bonds is 7. The van der Waals surface area contributed by atoms with Crippen LogP contribution >= 0.6 is 0 Å². The smallest absolute Gasteiger partial charge is 0.407 e. The molecule has 35 heavy (non-hydrogen) atoms. The molecule has 0 aromatic heterocycles. The summed E-state index contributed by atoms with van der Waals surface area (Å²) in [5.74, 6) is -1.61. The van der Waals surface area contributed by atoms with Gasteiger partial charge in [-0.25, -0.2) is 9.59 Å². The van der Waals surface area contributed by atoms with Crippen LogP contribution in [0.3, 0.4) is 0 Å². The van der Waals surface area contributed by atoms with Gasteiger partial charge in [-0.05, 0) is 54.9 Å². The number of ether oxygens (including phenoxy) is 1. The summed E-state index contributed by atoms with van der Waals surface area (Å²) in [6.07, 6.45) is 4.26. The number of carbonyl (C=O) groups excluding carboxylic acids is 2. The van der Waals surface area contributed by atoms with Gasteiger partial charge in [-0.15, -0.1) is 0 Å². The van der Waals surface area contributed by atoms with Crippen molar-refractivity contribution in [1.29, 1.82) is 0 Å². The lowest BCUT2D eigenvalue weighted by Crippen LogP contribution is -2.53. The van der Waals surface area contributed by atoms with E-state index in [4.69, 9.17) is 4.74 Å². The fraction of sp³-hybridized carbons (Fsp3) is 0.464. The Morgan fingerprint density at radius 1 is 0.971 bits per heavy atom. The van der Waals surface area contributed by atoms with E-state index in [1.807, 2.05) is 24.3 Å². The summed E-state index contributed by atoms with van der Waals surface area (Å²) in [5, 5.41) is 12.5. The average Bonchev–Trinajstić information content (AvgIpc) is 3.65. The zero-order valence-corrected chi connectivity index (χ0v) is 20.0. The molecule has 3 aliphatic rings. The highest BCUT2D eigenvalue weighted by molar-refractivity contribution is 5.86. The first-order valence-electron chi connectivity index (χ1n) is 12.6. The molecule has 3 atom stereocenters. The van der Waals surface area contributed by atoms with Crippen molar-refractivity contribution in [3.05, 3.63) is 59.7 Å². The molecule has 7 nitrogen and oxygen atoms in total. The highest BCUT2D eigenvalue weighted by Crippen LogP contribution is 2.44. The third-order valence-corrected chi connectivity index (χ3v) is 7.70. The molecule has 0 saturated heterocycles. The second-order valence-corrected chi connectivity index (χ2v) is 9.96. The average molecular weight is 477 g/mol. The number of hydrogen-bond acceptors (Lipinski definition) is 4. The maximum Gasteiger partial charge on any atom is 0.407 e. The summed E-state index contributed by atoms with van der Waals surface area (Å²) in [6, 6.07) is 15.1. The molecule has 2 fully saturated rings. The molecule has 0 radical (unpaired) electrons. The number of alkyl carbamates (subject to hydrolysis) is 1. The molecule has 184 valence electrons. The van der Waals surface area contributed by atoms with Crippen molar-refractivity contribution >= 4 is 18.0 Å². The van der Waals surface area contributed by atoms with Crippen molar-refractivity contribution < 1.29 is 24.2 Å². The summed E-state index contributed by atoms with van der Waals surface area (Å²) in [4.78, 5) is 39.5. The number of carbonyl (C=O) groups is 3. The first-order valence-corrected chi connectivity index (χ1v) is 12.6. The van der Waals surface area contributed by atoms with Crippen LogP contribution in [0.2, 0.25) is 0 Å². The zero-order valence-electron chi connectivity index (χ0n) is 20.0. The van der Waals surface area contributed by atoms with Crippen LogP contribution in [0.5, 0.6) is 0 Å². The second-order valence-electron chi connectivity index (χ2n) is 9.96. The number of nitrogens with zero attached hydrogens (tertiary/aromatic N) is 1. The zero-order chi connectivity index (χ0) is 24.5. The van der Waals surface area contributed by atoms with Crippen LogP contribution in [0.25, 0.3) is 11.1 Å². The lowest BCUT2D eigenvalue weighted by molar-refractivity contribution is -0.152. The lowest BCUT2D eigenvalue weighted by atomic mass is 9.83.